The summed E-state index contributed by atoms with van der Waals surface area (Å²) in [5.74, 6) is 0.617. The highest BCUT2D eigenvalue weighted by Gasteiger charge is 2.31. The zero-order valence-electron chi connectivity index (χ0n) is 10.7. The fourth-order valence-electron chi connectivity index (χ4n) is 2.26. The van der Waals surface area contributed by atoms with Gasteiger partial charge in [-0.05, 0) is 37.3 Å². The summed E-state index contributed by atoms with van der Waals surface area (Å²) in [7, 11) is 0. The molecule has 2 rings (SSSR count). The van der Waals surface area contributed by atoms with Gasteiger partial charge in [-0.25, -0.2) is 4.98 Å². The van der Waals surface area contributed by atoms with Crippen molar-refractivity contribution in [3.05, 3.63) is 23.9 Å². The Hall–Kier alpha value is -0.750. The Morgan fingerprint density at radius 2 is 2.05 bits per heavy atom. The number of hydrogen-bond acceptors (Lipinski definition) is 3. The minimum Gasteiger partial charge on any atom is -0.327 e. The lowest BCUT2D eigenvalue weighted by molar-refractivity contribution is -0.137. The number of alkyl halides is 3. The van der Waals surface area contributed by atoms with Crippen molar-refractivity contribution in [1.29, 1.82) is 0 Å². The largest absolute Gasteiger partial charge is 0.417 e. The first-order valence-corrected chi connectivity index (χ1v) is 7.19. The monoisotopic (exact) mass is 290 g/mol. The van der Waals surface area contributed by atoms with Gasteiger partial charge in [-0.15, -0.1) is 11.8 Å². The predicted octanol–water partition coefficient (Wildman–Crippen LogP) is 3.71. The summed E-state index contributed by atoms with van der Waals surface area (Å²) in [5, 5.41) is 0.857. The van der Waals surface area contributed by atoms with Crippen LogP contribution in [0.25, 0.3) is 0 Å². The predicted molar refractivity (Wildman–Crippen MR) is 69.9 cm³/mol. The van der Waals surface area contributed by atoms with E-state index in [-0.39, 0.29) is 11.3 Å². The third-order valence-electron chi connectivity index (χ3n) is 3.44. The summed E-state index contributed by atoms with van der Waals surface area (Å²) >= 11 is 1.49. The van der Waals surface area contributed by atoms with E-state index in [1.807, 2.05) is 0 Å². The molecule has 1 aliphatic rings. The van der Waals surface area contributed by atoms with Gasteiger partial charge in [0.05, 0.1) is 10.6 Å². The molecule has 0 spiro atoms. The van der Waals surface area contributed by atoms with Crippen molar-refractivity contribution in [2.45, 2.75) is 48.7 Å². The normalized spacial score (nSPS) is 28.4. The van der Waals surface area contributed by atoms with Crippen molar-refractivity contribution in [3.8, 4) is 0 Å². The van der Waals surface area contributed by atoms with Crippen LogP contribution in [0.3, 0.4) is 0 Å². The fourth-order valence-corrected chi connectivity index (χ4v) is 3.57. The van der Waals surface area contributed by atoms with Gasteiger partial charge >= 0.3 is 6.18 Å². The summed E-state index contributed by atoms with van der Waals surface area (Å²) in [5.41, 5.74) is 5.35. The molecule has 6 heteroatoms. The maximum Gasteiger partial charge on any atom is 0.417 e. The van der Waals surface area contributed by atoms with Crippen LogP contribution >= 0.6 is 11.8 Å². The topological polar surface area (TPSA) is 38.9 Å². The molecule has 2 N–H and O–H groups in total. The second kappa shape index (κ2) is 5.71. The van der Waals surface area contributed by atoms with Crippen molar-refractivity contribution >= 4 is 11.8 Å². The molecule has 19 heavy (non-hydrogen) atoms. The van der Waals surface area contributed by atoms with Crippen LogP contribution in [-0.2, 0) is 6.18 Å². The molecule has 3 unspecified atom stereocenters. The molecule has 0 amide bonds. The van der Waals surface area contributed by atoms with Gasteiger partial charge in [0.2, 0.25) is 0 Å². The average Bonchev–Trinajstić information content (AvgIpc) is 2.33. The number of rotatable bonds is 2. The third kappa shape index (κ3) is 3.86. The van der Waals surface area contributed by atoms with E-state index in [1.165, 1.54) is 17.8 Å². The van der Waals surface area contributed by atoms with Crippen LogP contribution in [0.15, 0.2) is 23.4 Å². The van der Waals surface area contributed by atoms with E-state index in [1.54, 1.807) is 0 Å². The number of nitrogens with zero attached hydrogens (tertiary/aromatic N) is 1. The lowest BCUT2D eigenvalue weighted by Crippen LogP contribution is -2.37. The maximum absolute atomic E-state index is 12.4. The molecule has 1 fully saturated rings. The van der Waals surface area contributed by atoms with Gasteiger partial charge in [-0.2, -0.15) is 13.2 Å². The van der Waals surface area contributed by atoms with Crippen molar-refractivity contribution in [1.82, 2.24) is 4.98 Å². The van der Waals surface area contributed by atoms with Crippen LogP contribution in [0, 0.1) is 5.92 Å². The van der Waals surface area contributed by atoms with Crippen LogP contribution in [0.1, 0.15) is 31.7 Å². The summed E-state index contributed by atoms with van der Waals surface area (Å²) in [6.45, 7) is 2.18. The van der Waals surface area contributed by atoms with Crippen LogP contribution in [0.4, 0.5) is 13.2 Å². The number of aromatic nitrogens is 1. The number of hydrogen-bond donors (Lipinski definition) is 1. The minimum atomic E-state index is -4.33. The number of pyridine rings is 1. The standard InChI is InChI=1S/C13H17F3N2S/c1-8-2-4-10(17)11(6-8)19-12-5-3-9(7-18-12)13(14,15)16/h3,5,7-8,10-11H,2,4,6,17H2,1H3. The molecule has 0 aliphatic heterocycles. The van der Waals surface area contributed by atoms with Crippen LogP contribution < -0.4 is 5.73 Å². The molecule has 1 heterocycles. The van der Waals surface area contributed by atoms with E-state index >= 15 is 0 Å². The van der Waals surface area contributed by atoms with E-state index in [4.69, 9.17) is 5.73 Å². The Morgan fingerprint density at radius 3 is 2.63 bits per heavy atom. The molecule has 0 radical (unpaired) electrons. The lowest BCUT2D eigenvalue weighted by Gasteiger charge is -2.31. The van der Waals surface area contributed by atoms with Gasteiger partial charge in [0.15, 0.2) is 0 Å². The SMILES string of the molecule is CC1CCC(N)C(Sc2ccc(C(F)(F)F)cn2)C1. The first kappa shape index (κ1) is 14.7. The second-order valence-corrected chi connectivity index (χ2v) is 6.38. The number of thioether (sulfide) groups is 1. The first-order chi connectivity index (χ1) is 8.86. The molecule has 0 saturated heterocycles. The van der Waals surface area contributed by atoms with E-state index in [2.05, 4.69) is 11.9 Å². The highest BCUT2D eigenvalue weighted by Crippen LogP contribution is 2.36. The molecule has 2 nitrogen and oxygen atoms in total. The third-order valence-corrected chi connectivity index (χ3v) is 4.77. The van der Waals surface area contributed by atoms with E-state index in [0.717, 1.165) is 31.5 Å². The Morgan fingerprint density at radius 1 is 1.32 bits per heavy atom. The minimum absolute atomic E-state index is 0.102. The van der Waals surface area contributed by atoms with Crippen LogP contribution in [0.5, 0.6) is 0 Å². The van der Waals surface area contributed by atoms with Crippen molar-refractivity contribution in [2.75, 3.05) is 0 Å². The molecule has 1 saturated carbocycles. The van der Waals surface area contributed by atoms with Crippen molar-refractivity contribution in [2.24, 2.45) is 11.7 Å². The van der Waals surface area contributed by atoms with Gasteiger partial charge in [-0.1, -0.05) is 6.92 Å². The Balaban J connectivity index is 2.03. The summed E-state index contributed by atoms with van der Waals surface area (Å²) in [6, 6.07) is 2.61. The quantitative estimate of drug-likeness (QED) is 0.902. The van der Waals surface area contributed by atoms with E-state index in [9.17, 15) is 13.2 Å². The maximum atomic E-state index is 12.4. The highest BCUT2D eigenvalue weighted by molar-refractivity contribution is 7.99. The molecule has 0 bridgehead atoms. The Kier molecular flexibility index (Phi) is 4.40. The smallest absolute Gasteiger partial charge is 0.327 e. The summed E-state index contributed by atoms with van der Waals surface area (Å²) in [4.78, 5) is 3.89. The molecule has 106 valence electrons. The average molecular weight is 290 g/mol. The van der Waals surface area contributed by atoms with E-state index < -0.39 is 11.7 Å². The van der Waals surface area contributed by atoms with Gasteiger partial charge in [0, 0.05) is 17.5 Å². The lowest BCUT2D eigenvalue weighted by atomic mass is 9.87. The zero-order chi connectivity index (χ0) is 14.0. The Labute approximate surface area is 115 Å². The molecule has 3 atom stereocenters. The highest BCUT2D eigenvalue weighted by atomic mass is 32.2. The first-order valence-electron chi connectivity index (χ1n) is 6.31. The molecular formula is C13H17F3N2S. The van der Waals surface area contributed by atoms with Crippen LogP contribution in [0.2, 0.25) is 0 Å². The second-order valence-electron chi connectivity index (χ2n) is 5.12. The van der Waals surface area contributed by atoms with Gasteiger partial charge in [0.1, 0.15) is 0 Å². The molecule has 0 aromatic carbocycles. The van der Waals surface area contributed by atoms with Gasteiger partial charge in [-0.3, -0.25) is 0 Å². The van der Waals surface area contributed by atoms with Crippen molar-refractivity contribution in [3.63, 3.8) is 0 Å². The zero-order valence-corrected chi connectivity index (χ0v) is 11.5. The van der Waals surface area contributed by atoms with Gasteiger partial charge in [0.25, 0.3) is 0 Å². The van der Waals surface area contributed by atoms with Crippen molar-refractivity contribution < 1.29 is 13.2 Å². The molecule has 1 aromatic heterocycles. The van der Waals surface area contributed by atoms with Gasteiger partial charge < -0.3 is 5.73 Å². The fraction of sp³-hybridized carbons (Fsp3) is 0.615. The number of halogens is 3. The number of nitrogens with two attached hydrogens (primary N) is 1. The molecule has 1 aromatic rings. The molecule has 1 aliphatic carbocycles. The summed E-state index contributed by atoms with van der Waals surface area (Å²) in [6.07, 6.45) is -0.348. The van der Waals surface area contributed by atoms with Crippen LogP contribution in [-0.4, -0.2) is 16.3 Å². The molecular weight excluding hydrogens is 273 g/mol. The van der Waals surface area contributed by atoms with E-state index in [0.29, 0.717) is 10.9 Å². The summed E-state index contributed by atoms with van der Waals surface area (Å²) < 4.78 is 37.3. The Bertz CT molecular complexity index is 419.